The number of ether oxygens (including phenoxy) is 1. The summed E-state index contributed by atoms with van der Waals surface area (Å²) in [5.74, 6) is -0.283. The maximum absolute atomic E-state index is 12.8. The number of nitrogens with zero attached hydrogens (tertiary/aromatic N) is 1. The van der Waals surface area contributed by atoms with Crippen LogP contribution in [0, 0.1) is 5.92 Å². The van der Waals surface area contributed by atoms with E-state index in [1.165, 1.54) is 27.8 Å². The second kappa shape index (κ2) is 9.70. The normalized spacial score (nSPS) is 23.4. The first-order valence-electron chi connectivity index (χ1n) is 11.7. The molecule has 2 N–H and O–H groups in total. The second-order valence-corrected chi connectivity index (χ2v) is 10.2. The van der Waals surface area contributed by atoms with Crippen molar-refractivity contribution in [1.82, 2.24) is 10.2 Å². The molecule has 0 bridgehead atoms. The summed E-state index contributed by atoms with van der Waals surface area (Å²) in [6.45, 7) is 0.251. The van der Waals surface area contributed by atoms with Crippen LogP contribution in [-0.4, -0.2) is 58.3 Å². The predicted molar refractivity (Wildman–Crippen MR) is 130 cm³/mol. The molecule has 2 aliphatic carbocycles. The van der Waals surface area contributed by atoms with Gasteiger partial charge >= 0.3 is 12.1 Å². The minimum absolute atomic E-state index is 0.000258. The Morgan fingerprint density at radius 2 is 1.71 bits per heavy atom. The topological polar surface area (TPSA) is 95.9 Å². The molecule has 8 heteroatoms. The molecule has 5 rings (SSSR count). The largest absolute Gasteiger partial charge is 0.480 e. The van der Waals surface area contributed by atoms with Crippen molar-refractivity contribution in [2.45, 2.75) is 43.7 Å². The van der Waals surface area contributed by atoms with Gasteiger partial charge < -0.3 is 20.1 Å². The van der Waals surface area contributed by atoms with E-state index in [9.17, 15) is 19.5 Å². The van der Waals surface area contributed by atoms with Crippen LogP contribution in [0.3, 0.4) is 0 Å². The average molecular weight is 481 g/mol. The number of hydrogen-bond donors (Lipinski definition) is 2. The van der Waals surface area contributed by atoms with E-state index in [-0.39, 0.29) is 36.8 Å². The fraction of sp³-hybridized carbons (Fsp3) is 0.423. The summed E-state index contributed by atoms with van der Waals surface area (Å²) >= 11 is 1.46. The Balaban J connectivity index is 1.18. The van der Waals surface area contributed by atoms with E-state index in [4.69, 9.17) is 4.74 Å². The van der Waals surface area contributed by atoms with Crippen LogP contribution in [0.15, 0.2) is 48.5 Å². The highest BCUT2D eigenvalue weighted by Gasteiger charge is 2.38. The molecular formula is C26H28N2O5S. The van der Waals surface area contributed by atoms with E-state index in [2.05, 4.69) is 29.6 Å². The first-order chi connectivity index (χ1) is 16.5. The predicted octanol–water partition coefficient (Wildman–Crippen LogP) is 4.07. The number of fused-ring (bicyclic) bond motifs is 3. The smallest absolute Gasteiger partial charge is 0.407 e. The van der Waals surface area contributed by atoms with Crippen molar-refractivity contribution in [1.29, 1.82) is 0 Å². The fourth-order valence-corrected chi connectivity index (χ4v) is 6.67. The number of carbonyl (C=O) groups is 3. The molecule has 7 nitrogen and oxygen atoms in total. The molecule has 0 spiro atoms. The van der Waals surface area contributed by atoms with Crippen molar-refractivity contribution in [3.63, 3.8) is 0 Å². The number of hydrogen-bond acceptors (Lipinski definition) is 5. The van der Waals surface area contributed by atoms with Gasteiger partial charge in [-0.1, -0.05) is 55.0 Å². The molecule has 1 saturated heterocycles. The van der Waals surface area contributed by atoms with Gasteiger partial charge in [-0.25, -0.2) is 9.59 Å². The number of nitrogens with one attached hydrogen (secondary N) is 1. The zero-order valence-electron chi connectivity index (χ0n) is 18.8. The maximum atomic E-state index is 12.8. The average Bonchev–Trinajstić information content (AvgIpc) is 3.56. The van der Waals surface area contributed by atoms with E-state index in [0.29, 0.717) is 11.6 Å². The minimum atomic E-state index is -0.960. The van der Waals surface area contributed by atoms with Crippen molar-refractivity contribution in [2.24, 2.45) is 5.92 Å². The van der Waals surface area contributed by atoms with E-state index < -0.39 is 18.1 Å². The van der Waals surface area contributed by atoms with Gasteiger partial charge in [-0.2, -0.15) is 0 Å². The second-order valence-electron chi connectivity index (χ2n) is 9.19. The SMILES string of the molecule is O=C(N[C@@H]1CCC[C@H]1CC(=O)N1CSC[C@H]1C(=O)O)OCC1c2ccccc2-c2ccccc21. The Morgan fingerprint density at radius 3 is 2.38 bits per heavy atom. The third-order valence-electron chi connectivity index (χ3n) is 7.23. The number of benzene rings is 2. The van der Waals surface area contributed by atoms with Gasteiger partial charge in [0.15, 0.2) is 0 Å². The summed E-state index contributed by atoms with van der Waals surface area (Å²) in [7, 11) is 0. The summed E-state index contributed by atoms with van der Waals surface area (Å²) in [5, 5.41) is 12.3. The summed E-state index contributed by atoms with van der Waals surface area (Å²) < 4.78 is 5.68. The first-order valence-corrected chi connectivity index (χ1v) is 12.9. The van der Waals surface area contributed by atoms with E-state index >= 15 is 0 Å². The van der Waals surface area contributed by atoms with Gasteiger partial charge in [0, 0.05) is 24.1 Å². The van der Waals surface area contributed by atoms with Gasteiger partial charge in [0.05, 0.1) is 5.88 Å². The Labute approximate surface area is 202 Å². The molecule has 0 radical (unpaired) electrons. The number of aliphatic carboxylic acids is 1. The van der Waals surface area contributed by atoms with Gasteiger partial charge in [-0.3, -0.25) is 4.79 Å². The maximum Gasteiger partial charge on any atom is 0.407 e. The van der Waals surface area contributed by atoms with Gasteiger partial charge in [-0.05, 0) is 41.0 Å². The molecule has 34 heavy (non-hydrogen) atoms. The summed E-state index contributed by atoms with van der Waals surface area (Å²) in [4.78, 5) is 38.4. The molecule has 3 atom stereocenters. The van der Waals surface area contributed by atoms with Crippen LogP contribution < -0.4 is 5.32 Å². The zero-order valence-corrected chi connectivity index (χ0v) is 19.6. The molecule has 1 heterocycles. The van der Waals surface area contributed by atoms with Crippen LogP contribution in [0.2, 0.25) is 0 Å². The first kappa shape index (κ1) is 22.8. The summed E-state index contributed by atoms with van der Waals surface area (Å²) in [5.41, 5.74) is 4.69. The van der Waals surface area contributed by atoms with Crippen LogP contribution in [-0.2, 0) is 14.3 Å². The Morgan fingerprint density at radius 1 is 1.03 bits per heavy atom. The molecular weight excluding hydrogens is 452 g/mol. The van der Waals surface area contributed by atoms with E-state index in [0.717, 1.165) is 30.4 Å². The molecule has 2 amide bonds. The van der Waals surface area contributed by atoms with E-state index in [1.54, 1.807) is 0 Å². The van der Waals surface area contributed by atoms with Crippen molar-refractivity contribution >= 4 is 29.7 Å². The van der Waals surface area contributed by atoms with Crippen LogP contribution in [0.25, 0.3) is 11.1 Å². The molecule has 0 unspecified atom stereocenters. The standard InChI is InChI=1S/C26H28N2O5S/c29-24(28-15-34-14-23(28)25(30)31)12-16-6-5-11-22(16)27-26(32)33-13-21-19-9-3-1-7-17(19)18-8-2-4-10-20(18)21/h1-4,7-10,16,21-23H,5-6,11-15H2,(H,27,32)(H,30,31)/t16-,22+,23-/m0/s1. The third kappa shape index (κ3) is 4.39. The van der Waals surface area contributed by atoms with Gasteiger partial charge in [-0.15, -0.1) is 11.8 Å². The number of rotatable bonds is 6. The lowest BCUT2D eigenvalue weighted by molar-refractivity contribution is -0.148. The highest BCUT2D eigenvalue weighted by atomic mass is 32.2. The highest BCUT2D eigenvalue weighted by Crippen LogP contribution is 2.44. The van der Waals surface area contributed by atoms with Gasteiger partial charge in [0.2, 0.25) is 5.91 Å². The third-order valence-corrected chi connectivity index (χ3v) is 8.24. The van der Waals surface area contributed by atoms with E-state index in [1.807, 2.05) is 24.3 Å². The molecule has 2 fully saturated rings. The number of carbonyl (C=O) groups excluding carboxylic acids is 2. The fourth-order valence-electron chi connectivity index (χ4n) is 5.50. The number of alkyl carbamates (subject to hydrolysis) is 1. The number of carboxylic acids is 1. The molecule has 3 aliphatic rings. The van der Waals surface area contributed by atoms with Crippen molar-refractivity contribution in [2.75, 3.05) is 18.2 Å². The highest BCUT2D eigenvalue weighted by molar-refractivity contribution is 7.99. The number of amides is 2. The Hall–Kier alpha value is -3.00. The summed E-state index contributed by atoms with van der Waals surface area (Å²) in [6, 6.07) is 15.5. The van der Waals surface area contributed by atoms with Gasteiger partial charge in [0.1, 0.15) is 12.6 Å². The lowest BCUT2D eigenvalue weighted by Gasteiger charge is -2.25. The lowest BCUT2D eigenvalue weighted by atomic mass is 9.98. The van der Waals surface area contributed by atoms with Crippen LogP contribution in [0.4, 0.5) is 4.79 Å². The van der Waals surface area contributed by atoms with Crippen LogP contribution >= 0.6 is 11.8 Å². The van der Waals surface area contributed by atoms with Crippen LogP contribution in [0.1, 0.15) is 42.7 Å². The molecule has 0 aromatic heterocycles. The molecule has 1 saturated carbocycles. The number of thioether (sulfide) groups is 1. The van der Waals surface area contributed by atoms with Crippen molar-refractivity contribution in [3.8, 4) is 11.1 Å². The molecule has 2 aromatic rings. The molecule has 1 aliphatic heterocycles. The lowest BCUT2D eigenvalue weighted by Crippen LogP contribution is -2.44. The van der Waals surface area contributed by atoms with Gasteiger partial charge in [0.25, 0.3) is 0 Å². The number of carboxylic acid groups (broad SMARTS) is 1. The monoisotopic (exact) mass is 480 g/mol. The quantitative estimate of drug-likeness (QED) is 0.647. The minimum Gasteiger partial charge on any atom is -0.480 e. The Kier molecular flexibility index (Phi) is 6.50. The summed E-state index contributed by atoms with van der Waals surface area (Å²) in [6.07, 6.45) is 2.33. The van der Waals surface area contributed by atoms with Crippen molar-refractivity contribution in [3.05, 3.63) is 59.7 Å². The van der Waals surface area contributed by atoms with Crippen LogP contribution in [0.5, 0.6) is 0 Å². The van der Waals surface area contributed by atoms with Crippen molar-refractivity contribution < 1.29 is 24.2 Å². The molecule has 2 aromatic carbocycles. The Bertz CT molecular complexity index is 1060. The zero-order chi connectivity index (χ0) is 23.7. The molecule has 178 valence electrons.